The average Bonchev–Trinajstić information content (AvgIpc) is 3.37. The van der Waals surface area contributed by atoms with Crippen LogP contribution in [0.3, 0.4) is 0 Å². The number of rotatable bonds is 6. The molecule has 0 bridgehead atoms. The second kappa shape index (κ2) is 8.39. The number of ether oxygens (including phenoxy) is 1. The molecule has 4 aromatic rings. The third-order valence-electron chi connectivity index (χ3n) is 5.15. The van der Waals surface area contributed by atoms with E-state index in [1.165, 1.54) is 7.11 Å². The van der Waals surface area contributed by atoms with E-state index in [4.69, 9.17) is 4.74 Å². The summed E-state index contributed by atoms with van der Waals surface area (Å²) >= 11 is 0. The summed E-state index contributed by atoms with van der Waals surface area (Å²) in [4.78, 5) is 28.4. The molecule has 31 heavy (non-hydrogen) atoms. The summed E-state index contributed by atoms with van der Waals surface area (Å²) < 4.78 is 8.11. The van der Waals surface area contributed by atoms with Crippen LogP contribution in [0.25, 0.3) is 11.3 Å². The molecule has 0 spiro atoms. The zero-order chi connectivity index (χ0) is 22.0. The predicted molar refractivity (Wildman–Crippen MR) is 114 cm³/mol. The van der Waals surface area contributed by atoms with Crippen molar-refractivity contribution in [2.45, 2.75) is 26.7 Å². The highest BCUT2D eigenvalue weighted by Crippen LogP contribution is 2.20. The topological polar surface area (TPSA) is 103 Å². The molecule has 3 aromatic heterocycles. The van der Waals surface area contributed by atoms with Gasteiger partial charge >= 0.3 is 5.97 Å². The molecule has 4 rings (SSSR count). The Morgan fingerprint density at radius 2 is 1.84 bits per heavy atom. The summed E-state index contributed by atoms with van der Waals surface area (Å²) in [6.07, 6.45) is 4.12. The van der Waals surface area contributed by atoms with Crippen LogP contribution < -0.4 is 5.32 Å². The van der Waals surface area contributed by atoms with Crippen molar-refractivity contribution in [1.82, 2.24) is 24.4 Å². The minimum Gasteiger partial charge on any atom is -0.469 e. The van der Waals surface area contributed by atoms with Crippen LogP contribution in [0.4, 0.5) is 5.82 Å². The molecule has 0 unspecified atom stereocenters. The predicted octanol–water partition coefficient (Wildman–Crippen LogP) is 2.89. The van der Waals surface area contributed by atoms with Gasteiger partial charge in [0.15, 0.2) is 5.65 Å². The summed E-state index contributed by atoms with van der Waals surface area (Å²) in [5.41, 5.74) is 4.84. The fourth-order valence-corrected chi connectivity index (χ4v) is 3.49. The van der Waals surface area contributed by atoms with E-state index in [1.807, 2.05) is 30.7 Å². The molecule has 1 N–H and O–H groups in total. The van der Waals surface area contributed by atoms with Crippen LogP contribution >= 0.6 is 0 Å². The van der Waals surface area contributed by atoms with Crippen molar-refractivity contribution in [2.24, 2.45) is 0 Å². The number of esters is 1. The molecule has 0 aliphatic heterocycles. The van der Waals surface area contributed by atoms with E-state index in [0.717, 1.165) is 22.6 Å². The number of aromatic nitrogens is 5. The number of hydrogen-bond donors (Lipinski definition) is 1. The number of methoxy groups -OCH3 is 1. The van der Waals surface area contributed by atoms with Crippen molar-refractivity contribution in [3.8, 4) is 5.69 Å². The Morgan fingerprint density at radius 3 is 2.58 bits per heavy atom. The first kappa shape index (κ1) is 20.3. The van der Waals surface area contributed by atoms with Gasteiger partial charge in [0.25, 0.3) is 5.91 Å². The molecule has 0 aliphatic rings. The van der Waals surface area contributed by atoms with Gasteiger partial charge in [0, 0.05) is 29.9 Å². The molecule has 1 amide bonds. The van der Waals surface area contributed by atoms with Crippen LogP contribution in [0.5, 0.6) is 0 Å². The van der Waals surface area contributed by atoms with Gasteiger partial charge in [-0.2, -0.15) is 14.7 Å². The molecule has 158 valence electrons. The van der Waals surface area contributed by atoms with Crippen molar-refractivity contribution < 1.29 is 14.3 Å². The molecule has 0 radical (unpaired) electrons. The minimum atomic E-state index is -0.248. The Morgan fingerprint density at radius 1 is 1.06 bits per heavy atom. The number of anilines is 1. The molecular formula is C22H22N6O3. The number of hydrogen-bond acceptors (Lipinski definition) is 6. The molecule has 0 aliphatic carbocycles. The molecule has 0 atom stereocenters. The molecule has 0 fully saturated rings. The van der Waals surface area contributed by atoms with Crippen molar-refractivity contribution in [2.75, 3.05) is 12.4 Å². The zero-order valence-electron chi connectivity index (χ0n) is 17.5. The smallest absolute Gasteiger partial charge is 0.305 e. The van der Waals surface area contributed by atoms with Gasteiger partial charge in [-0.15, -0.1) is 0 Å². The SMILES string of the molecule is COC(=O)CCc1c(C)nn(-c2ccc(C(=O)Nc3ccnc4ccnn34)cc2)c1C. The van der Waals surface area contributed by atoms with Gasteiger partial charge in [-0.25, -0.2) is 9.67 Å². The Labute approximate surface area is 178 Å². The fourth-order valence-electron chi connectivity index (χ4n) is 3.49. The van der Waals surface area contributed by atoms with Gasteiger partial charge in [-0.3, -0.25) is 9.59 Å². The second-order valence-electron chi connectivity index (χ2n) is 7.07. The van der Waals surface area contributed by atoms with E-state index in [0.29, 0.717) is 29.9 Å². The lowest BCUT2D eigenvalue weighted by Crippen LogP contribution is -2.15. The lowest BCUT2D eigenvalue weighted by molar-refractivity contribution is -0.140. The molecule has 9 nitrogen and oxygen atoms in total. The second-order valence-corrected chi connectivity index (χ2v) is 7.07. The number of nitrogens with zero attached hydrogens (tertiary/aromatic N) is 5. The first-order chi connectivity index (χ1) is 15.0. The molecule has 1 aromatic carbocycles. The minimum absolute atomic E-state index is 0.247. The summed E-state index contributed by atoms with van der Waals surface area (Å²) in [7, 11) is 1.38. The van der Waals surface area contributed by atoms with Gasteiger partial charge in [0.1, 0.15) is 5.82 Å². The molecule has 9 heteroatoms. The van der Waals surface area contributed by atoms with Gasteiger partial charge in [-0.1, -0.05) is 0 Å². The zero-order valence-corrected chi connectivity index (χ0v) is 17.5. The van der Waals surface area contributed by atoms with Gasteiger partial charge in [-0.05, 0) is 56.2 Å². The number of carbonyl (C=O) groups excluding carboxylic acids is 2. The highest BCUT2D eigenvalue weighted by Gasteiger charge is 2.15. The van der Waals surface area contributed by atoms with Crippen molar-refractivity contribution >= 4 is 23.3 Å². The number of carbonyl (C=O) groups is 2. The van der Waals surface area contributed by atoms with Gasteiger partial charge in [0.2, 0.25) is 0 Å². The Bertz CT molecular complexity index is 1260. The van der Waals surface area contributed by atoms with E-state index in [1.54, 1.807) is 41.2 Å². The maximum Gasteiger partial charge on any atom is 0.305 e. The fraction of sp³-hybridized carbons (Fsp3) is 0.227. The third-order valence-corrected chi connectivity index (χ3v) is 5.15. The number of amides is 1. The normalized spacial score (nSPS) is 10.9. The monoisotopic (exact) mass is 418 g/mol. The van der Waals surface area contributed by atoms with Crippen molar-refractivity contribution in [1.29, 1.82) is 0 Å². The van der Waals surface area contributed by atoms with Crippen LogP contribution in [0, 0.1) is 13.8 Å². The van der Waals surface area contributed by atoms with Crippen molar-refractivity contribution in [3.05, 3.63) is 71.3 Å². The quantitative estimate of drug-likeness (QED) is 0.483. The van der Waals surface area contributed by atoms with E-state index >= 15 is 0 Å². The van der Waals surface area contributed by atoms with Crippen LogP contribution in [0.1, 0.15) is 33.7 Å². The highest BCUT2D eigenvalue weighted by atomic mass is 16.5. The molecular weight excluding hydrogens is 396 g/mol. The number of nitrogens with one attached hydrogen (secondary N) is 1. The first-order valence-electron chi connectivity index (χ1n) is 9.80. The van der Waals surface area contributed by atoms with Crippen LogP contribution in [-0.2, 0) is 16.0 Å². The average molecular weight is 418 g/mol. The van der Waals surface area contributed by atoms with Crippen molar-refractivity contribution in [3.63, 3.8) is 0 Å². The van der Waals surface area contributed by atoms with E-state index in [-0.39, 0.29) is 11.9 Å². The van der Waals surface area contributed by atoms with Gasteiger partial charge < -0.3 is 10.1 Å². The molecule has 3 heterocycles. The summed E-state index contributed by atoms with van der Waals surface area (Å²) in [5.74, 6) is 0.0445. The largest absolute Gasteiger partial charge is 0.469 e. The number of aryl methyl sites for hydroxylation is 1. The summed E-state index contributed by atoms with van der Waals surface area (Å²) in [5, 5.41) is 11.6. The first-order valence-corrected chi connectivity index (χ1v) is 9.80. The lowest BCUT2D eigenvalue weighted by Gasteiger charge is -2.09. The third kappa shape index (κ3) is 4.02. The van der Waals surface area contributed by atoms with Crippen LogP contribution in [0.2, 0.25) is 0 Å². The summed E-state index contributed by atoms with van der Waals surface area (Å²) in [6, 6.07) is 10.6. The highest BCUT2D eigenvalue weighted by molar-refractivity contribution is 6.04. The van der Waals surface area contributed by atoms with Crippen LogP contribution in [-0.4, -0.2) is 43.4 Å². The Balaban J connectivity index is 1.52. The maximum absolute atomic E-state index is 12.7. The van der Waals surface area contributed by atoms with E-state index in [9.17, 15) is 9.59 Å². The Kier molecular flexibility index (Phi) is 5.48. The lowest BCUT2D eigenvalue weighted by atomic mass is 10.1. The van der Waals surface area contributed by atoms with E-state index in [2.05, 4.69) is 20.5 Å². The molecule has 0 saturated carbocycles. The van der Waals surface area contributed by atoms with Crippen LogP contribution in [0.15, 0.2) is 48.8 Å². The number of benzene rings is 1. The summed E-state index contributed by atoms with van der Waals surface area (Å²) in [6.45, 7) is 3.88. The number of fused-ring (bicyclic) bond motifs is 1. The van der Waals surface area contributed by atoms with Gasteiger partial charge in [0.05, 0.1) is 24.7 Å². The molecule has 0 saturated heterocycles. The van der Waals surface area contributed by atoms with E-state index < -0.39 is 0 Å². The Hall–Kier alpha value is -4.01. The maximum atomic E-state index is 12.7. The standard InChI is InChI=1S/C22H22N6O3/c1-14-18(8-9-21(29)31-3)15(2)27(26-14)17-6-4-16(5-7-17)22(30)25-20-10-12-23-19-11-13-24-28(19)20/h4-7,10-13H,8-9H2,1-3H3,(H,25,30).